The van der Waals surface area contributed by atoms with Gasteiger partial charge in [0.1, 0.15) is 11.2 Å². The number of rotatable bonds is 10. The minimum atomic E-state index is -2.30. The van der Waals surface area contributed by atoms with Gasteiger partial charge in [-0.1, -0.05) is 172 Å². The van der Waals surface area contributed by atoms with Crippen LogP contribution in [-0.4, -0.2) is 15.0 Å². The van der Waals surface area contributed by atoms with Crippen LogP contribution in [0.15, 0.2) is 241 Å². The number of hydrogen-bond acceptors (Lipinski definition) is 4. The number of furan rings is 1. The van der Waals surface area contributed by atoms with Gasteiger partial charge in [0.2, 0.25) is 0 Å². The summed E-state index contributed by atoms with van der Waals surface area (Å²) >= 11 is 0. The summed E-state index contributed by atoms with van der Waals surface area (Å²) in [5, 5.41) is 2.02. The zero-order valence-electron chi connectivity index (χ0n) is 50.1. The van der Waals surface area contributed by atoms with Crippen molar-refractivity contribution in [2.75, 3.05) is 0 Å². The summed E-state index contributed by atoms with van der Waals surface area (Å²) < 4.78 is 77.4. The number of aryl methyl sites for hydroxylation is 3. The number of aromatic nitrogens is 3. The smallest absolute Gasteiger partial charge is 0.456 e. The second-order valence-corrected chi connectivity index (χ2v) is 18.7. The number of nitrogens with zero attached hydrogens (tertiary/aromatic N) is 3. The predicted octanol–water partition coefficient (Wildman–Crippen LogP) is 18.8. The third-order valence-electron chi connectivity index (χ3n) is 13.9. The topological polar surface area (TPSA) is 51.8 Å². The van der Waals surface area contributed by atoms with Crippen LogP contribution in [0.4, 0.5) is 0 Å². The van der Waals surface area contributed by atoms with Crippen molar-refractivity contribution >= 4 is 21.9 Å². The third-order valence-corrected chi connectivity index (χ3v) is 13.9. The van der Waals surface area contributed by atoms with E-state index in [0.29, 0.717) is 22.6 Å². The van der Waals surface area contributed by atoms with E-state index in [0.717, 1.165) is 111 Å². The van der Waals surface area contributed by atoms with Crippen molar-refractivity contribution in [1.29, 1.82) is 0 Å². The van der Waals surface area contributed by atoms with Gasteiger partial charge >= 0.3 is 20.1 Å². The molecule has 366 valence electrons. The van der Waals surface area contributed by atoms with E-state index in [1.165, 1.54) is 18.6 Å². The van der Waals surface area contributed by atoms with Gasteiger partial charge in [-0.25, -0.2) is 0 Å². The maximum Gasteiger partial charge on any atom is 3.00 e. The Morgan fingerprint density at radius 2 is 0.753 bits per heavy atom. The Kier molecular flexibility index (Phi) is 10.7. The first-order chi connectivity index (χ1) is 41.0. The van der Waals surface area contributed by atoms with Crippen molar-refractivity contribution in [2.24, 2.45) is 0 Å². The van der Waals surface area contributed by atoms with Crippen molar-refractivity contribution in [3.05, 3.63) is 272 Å². The van der Waals surface area contributed by atoms with Gasteiger partial charge in [-0.15, -0.1) is 83.4 Å². The average Bonchev–Trinajstić information content (AvgIpc) is 1.74. The first-order valence-electron chi connectivity index (χ1n) is 29.4. The zero-order valence-corrected chi connectivity index (χ0v) is 43.5. The summed E-state index contributed by atoms with van der Waals surface area (Å²) in [4.78, 5) is 13.6. The molecule has 4 nitrogen and oxygen atoms in total. The summed E-state index contributed by atoms with van der Waals surface area (Å²) in [7, 11) is 0. The first kappa shape index (κ1) is 39.3. The van der Waals surface area contributed by atoms with Gasteiger partial charge in [0, 0.05) is 41.7 Å². The van der Waals surface area contributed by atoms with E-state index >= 15 is 0 Å². The van der Waals surface area contributed by atoms with Crippen LogP contribution in [0.5, 0.6) is 0 Å². The molecule has 0 unspecified atom stereocenters. The number of fused-ring (bicyclic) bond motifs is 3. The van der Waals surface area contributed by atoms with Crippen LogP contribution in [0.25, 0.3) is 134 Å². The van der Waals surface area contributed by atoms with Gasteiger partial charge in [-0.05, 0) is 130 Å². The minimum absolute atomic E-state index is 0. The average molecular weight is 1170 g/mol. The molecule has 4 aromatic heterocycles. The summed E-state index contributed by atoms with van der Waals surface area (Å²) in [6, 6.07) is 82.2. The molecule has 0 N–H and O–H groups in total. The number of hydrogen-bond donors (Lipinski definition) is 0. The standard InChI is InChI=1S/C72H48N3O.Ir/c1-46-20-35-68(73-43-46)51-27-23-49(24-28-51)58-12-4-6-14-60(58)55-38-56(61-15-7-5-13-59(61)50-25-29-52(30-26-50)69-36-21-47(2)44-74-69)40-57(39-55)62-16-8-9-17-63(62)64-33-32-54(70-37-22-48(3)45-75-70)41-67(64)53-31-34-66-65-18-10-11-19-71(65)76-72(66)42-53;/h4-27,29,31,33-45H,1-3H3;/q-3;+3/i1D3,2D3,3D3;. The van der Waals surface area contributed by atoms with Crippen LogP contribution in [0.3, 0.4) is 0 Å². The molecule has 0 amide bonds. The number of para-hydroxylation sites is 1. The van der Waals surface area contributed by atoms with Crippen LogP contribution in [0.2, 0.25) is 0 Å². The maximum atomic E-state index is 7.99. The normalized spacial score (nSPS) is 13.4. The van der Waals surface area contributed by atoms with E-state index in [1.54, 1.807) is 36.4 Å². The number of benzene rings is 9. The molecule has 5 heteroatoms. The van der Waals surface area contributed by atoms with E-state index in [9.17, 15) is 0 Å². The van der Waals surface area contributed by atoms with Crippen LogP contribution in [0, 0.1) is 38.8 Å². The molecule has 0 spiro atoms. The molecule has 0 fully saturated rings. The molecule has 0 saturated heterocycles. The molecule has 4 heterocycles. The number of pyridine rings is 3. The molecule has 0 atom stereocenters. The van der Waals surface area contributed by atoms with Gasteiger partial charge in [-0.3, -0.25) is 0 Å². The molecule has 13 aromatic rings. The fraction of sp³-hybridized carbons (Fsp3) is 0.0417. The molecule has 9 aromatic carbocycles. The van der Waals surface area contributed by atoms with Crippen molar-refractivity contribution in [1.82, 2.24) is 15.0 Å². The molecule has 0 aliphatic carbocycles. The Morgan fingerprint density at radius 3 is 1.23 bits per heavy atom. The van der Waals surface area contributed by atoms with Gasteiger partial charge in [0.15, 0.2) is 0 Å². The van der Waals surface area contributed by atoms with Crippen LogP contribution in [0.1, 0.15) is 29.0 Å². The Hall–Kier alpha value is -9.12. The summed E-state index contributed by atoms with van der Waals surface area (Å²) in [6.45, 7) is -6.82. The first-order valence-corrected chi connectivity index (χ1v) is 24.9. The van der Waals surface area contributed by atoms with E-state index in [4.69, 9.17) is 16.8 Å². The Labute approximate surface area is 475 Å². The van der Waals surface area contributed by atoms with Crippen molar-refractivity contribution in [3.8, 4) is 112 Å². The molecule has 0 bridgehead atoms. The largest absolute Gasteiger partial charge is 3.00 e. The monoisotopic (exact) mass is 1170 g/mol. The second kappa shape index (κ2) is 20.9. The molecule has 77 heavy (non-hydrogen) atoms. The van der Waals surface area contributed by atoms with Gasteiger partial charge in [0.25, 0.3) is 0 Å². The molecule has 0 aliphatic rings. The summed E-state index contributed by atoms with van der Waals surface area (Å²) in [5.41, 5.74) is 19.2. The third kappa shape index (κ3) is 9.64. The van der Waals surface area contributed by atoms with Crippen LogP contribution >= 0.6 is 0 Å². The van der Waals surface area contributed by atoms with Crippen LogP contribution < -0.4 is 0 Å². The SMILES string of the molecule is [2H]C([2H])([2H])c1ccc(-c2[c-]cc(-c3ccccc3-c3cc(-c4ccccc4-c4c[c-]c(-c5ccc(C([2H])([2H])[2H])cn5)cc4)cc(-c4ccccc4-c4c[c-]c(-c5ccc(C([2H])([2H])[2H])cn5)cc4-c4ccc5c(c4)oc4ccccc45)c3)cc2)nc1.[Ir+3]. The molecular formula is C72H48IrN3O. The van der Waals surface area contributed by atoms with E-state index in [2.05, 4.69) is 118 Å². The van der Waals surface area contributed by atoms with E-state index in [1.807, 2.05) is 97.1 Å². The predicted molar refractivity (Wildman–Crippen MR) is 312 cm³/mol. The Balaban J connectivity index is 0.00000724. The molecular weight excluding hydrogens is 1120 g/mol. The van der Waals surface area contributed by atoms with Gasteiger partial charge < -0.3 is 19.4 Å². The fourth-order valence-corrected chi connectivity index (χ4v) is 10.2. The van der Waals surface area contributed by atoms with Gasteiger partial charge in [-0.2, -0.15) is 0 Å². The Bertz CT molecular complexity index is 4470. The zero-order chi connectivity index (χ0) is 58.6. The molecule has 13 rings (SSSR count). The van der Waals surface area contributed by atoms with Crippen LogP contribution in [-0.2, 0) is 20.1 Å². The van der Waals surface area contributed by atoms with E-state index < -0.39 is 20.6 Å². The van der Waals surface area contributed by atoms with Gasteiger partial charge in [0.05, 0.1) is 0 Å². The molecule has 0 radical (unpaired) electrons. The molecule has 0 saturated carbocycles. The molecule has 0 aliphatic heterocycles. The summed E-state index contributed by atoms with van der Waals surface area (Å²) in [5.74, 6) is 0. The fourth-order valence-electron chi connectivity index (χ4n) is 10.2. The maximum absolute atomic E-state index is 7.99. The van der Waals surface area contributed by atoms with Crippen molar-refractivity contribution in [2.45, 2.75) is 20.6 Å². The second-order valence-electron chi connectivity index (χ2n) is 18.7. The minimum Gasteiger partial charge on any atom is -0.456 e. The quantitative estimate of drug-likeness (QED) is 0.128. The van der Waals surface area contributed by atoms with E-state index in [-0.39, 0.29) is 36.8 Å². The Morgan fingerprint density at radius 1 is 0.325 bits per heavy atom. The summed E-state index contributed by atoms with van der Waals surface area (Å²) in [6.07, 6.45) is 4.20. The van der Waals surface area contributed by atoms with Crippen molar-refractivity contribution in [3.63, 3.8) is 0 Å². The van der Waals surface area contributed by atoms with Crippen molar-refractivity contribution < 1.29 is 36.9 Å².